The molecule has 3 rings (SSSR count). The topological polar surface area (TPSA) is 38.2 Å². The molecule has 1 aromatic heterocycles. The fourth-order valence-electron chi connectivity index (χ4n) is 2.49. The minimum atomic E-state index is 0.0519. The number of hydrogen-bond donors (Lipinski definition) is 0. The second kappa shape index (κ2) is 6.41. The van der Waals surface area contributed by atoms with Crippen LogP contribution < -0.4 is 4.90 Å². The van der Waals surface area contributed by atoms with Crippen LogP contribution in [0.25, 0.3) is 0 Å². The molecule has 1 saturated heterocycles. The van der Waals surface area contributed by atoms with Gasteiger partial charge in [-0.25, -0.2) is 9.97 Å². The fourth-order valence-corrected chi connectivity index (χ4v) is 2.61. The van der Waals surface area contributed by atoms with E-state index in [-0.39, 0.29) is 6.10 Å². The van der Waals surface area contributed by atoms with Gasteiger partial charge >= 0.3 is 0 Å². The highest BCUT2D eigenvalue weighted by Crippen LogP contribution is 2.26. The number of ether oxygens (including phenoxy) is 1. The van der Waals surface area contributed by atoms with Gasteiger partial charge in [0.25, 0.3) is 0 Å². The molecular weight excluding hydrogens is 286 g/mol. The van der Waals surface area contributed by atoms with Crippen molar-refractivity contribution in [2.24, 2.45) is 0 Å². The third-order valence-electron chi connectivity index (χ3n) is 3.70. The van der Waals surface area contributed by atoms with E-state index < -0.39 is 0 Å². The highest BCUT2D eigenvalue weighted by atomic mass is 35.5. The molecule has 2 heterocycles. The summed E-state index contributed by atoms with van der Waals surface area (Å²) in [5, 5.41) is 0.745. The Kier molecular flexibility index (Phi) is 4.36. The second-order valence-electron chi connectivity index (χ2n) is 5.08. The lowest BCUT2D eigenvalue weighted by Gasteiger charge is -2.34. The summed E-state index contributed by atoms with van der Waals surface area (Å²) in [6, 6.07) is 9.91. The van der Waals surface area contributed by atoms with Crippen molar-refractivity contribution >= 4 is 17.4 Å². The highest BCUT2D eigenvalue weighted by Gasteiger charge is 2.23. The summed E-state index contributed by atoms with van der Waals surface area (Å²) in [5.41, 5.74) is 2.21. The van der Waals surface area contributed by atoms with E-state index in [2.05, 4.69) is 27.9 Å². The Morgan fingerprint density at radius 1 is 1.29 bits per heavy atom. The van der Waals surface area contributed by atoms with E-state index in [9.17, 15) is 0 Å². The predicted octanol–water partition coefficient (Wildman–Crippen LogP) is 3.27. The molecule has 5 heteroatoms. The molecule has 0 bridgehead atoms. The van der Waals surface area contributed by atoms with Crippen molar-refractivity contribution in [2.75, 3.05) is 24.6 Å². The molecule has 0 saturated carbocycles. The van der Waals surface area contributed by atoms with Gasteiger partial charge in [-0.05, 0) is 24.1 Å². The molecule has 21 heavy (non-hydrogen) atoms. The number of nitrogens with zero attached hydrogens (tertiary/aromatic N) is 3. The number of morpholine rings is 1. The minimum Gasteiger partial charge on any atom is -0.370 e. The van der Waals surface area contributed by atoms with Crippen LogP contribution in [0.3, 0.4) is 0 Å². The number of anilines is 1. The molecule has 0 N–H and O–H groups in total. The number of halogens is 1. The van der Waals surface area contributed by atoms with Crippen molar-refractivity contribution in [2.45, 2.75) is 19.4 Å². The Morgan fingerprint density at radius 2 is 2.10 bits per heavy atom. The normalized spacial score (nSPS) is 18.8. The van der Waals surface area contributed by atoms with Crippen LogP contribution in [-0.4, -0.2) is 29.7 Å². The molecule has 1 aliphatic rings. The summed E-state index contributed by atoms with van der Waals surface area (Å²) < 4.78 is 5.88. The smallest absolute Gasteiger partial charge is 0.132 e. The van der Waals surface area contributed by atoms with E-state index in [4.69, 9.17) is 16.3 Å². The molecule has 2 aromatic rings. The summed E-state index contributed by atoms with van der Waals surface area (Å²) in [6.07, 6.45) is 2.61. The van der Waals surface area contributed by atoms with Crippen LogP contribution in [0.4, 0.5) is 5.82 Å². The largest absolute Gasteiger partial charge is 0.370 e. The van der Waals surface area contributed by atoms with Crippen LogP contribution in [0.15, 0.2) is 36.7 Å². The molecule has 0 spiro atoms. The minimum absolute atomic E-state index is 0.0519. The molecule has 0 aliphatic carbocycles. The molecule has 0 amide bonds. The van der Waals surface area contributed by atoms with Crippen LogP contribution in [0.5, 0.6) is 0 Å². The molecule has 1 atom stereocenters. The molecule has 4 nitrogen and oxygen atoms in total. The van der Waals surface area contributed by atoms with Crippen molar-refractivity contribution in [3.63, 3.8) is 0 Å². The van der Waals surface area contributed by atoms with Gasteiger partial charge in [0, 0.05) is 29.9 Å². The Balaban J connectivity index is 1.77. The zero-order chi connectivity index (χ0) is 14.7. The quantitative estimate of drug-likeness (QED) is 0.872. The predicted molar refractivity (Wildman–Crippen MR) is 83.8 cm³/mol. The maximum atomic E-state index is 5.94. The number of aryl methyl sites for hydroxylation is 1. The first-order valence-electron chi connectivity index (χ1n) is 7.19. The first-order chi connectivity index (χ1) is 10.3. The number of rotatable bonds is 3. The van der Waals surface area contributed by atoms with Crippen molar-refractivity contribution in [3.8, 4) is 0 Å². The Labute approximate surface area is 129 Å². The number of hydrogen-bond acceptors (Lipinski definition) is 4. The molecule has 1 aromatic carbocycles. The zero-order valence-electron chi connectivity index (χ0n) is 12.0. The monoisotopic (exact) mass is 303 g/mol. The van der Waals surface area contributed by atoms with Crippen molar-refractivity contribution in [1.82, 2.24) is 9.97 Å². The lowest BCUT2D eigenvalue weighted by atomic mass is 10.1. The molecule has 0 unspecified atom stereocenters. The summed E-state index contributed by atoms with van der Waals surface area (Å²) in [5.74, 6) is 0.976. The average Bonchev–Trinajstić information content (AvgIpc) is 2.56. The van der Waals surface area contributed by atoms with E-state index in [0.717, 1.165) is 41.6 Å². The van der Waals surface area contributed by atoms with E-state index in [1.807, 2.05) is 24.3 Å². The number of benzene rings is 1. The van der Waals surface area contributed by atoms with Crippen LogP contribution in [0, 0.1) is 0 Å². The van der Waals surface area contributed by atoms with Gasteiger partial charge in [-0.2, -0.15) is 0 Å². The summed E-state index contributed by atoms with van der Waals surface area (Å²) in [4.78, 5) is 10.9. The third kappa shape index (κ3) is 3.34. The zero-order valence-corrected chi connectivity index (χ0v) is 12.8. The van der Waals surface area contributed by atoms with Gasteiger partial charge in [0.05, 0.1) is 6.61 Å². The van der Waals surface area contributed by atoms with Gasteiger partial charge in [-0.15, -0.1) is 0 Å². The van der Waals surface area contributed by atoms with Crippen LogP contribution in [0.2, 0.25) is 5.02 Å². The van der Waals surface area contributed by atoms with Gasteiger partial charge in [0.15, 0.2) is 0 Å². The lowest BCUT2D eigenvalue weighted by molar-refractivity contribution is 0.0395. The third-order valence-corrected chi connectivity index (χ3v) is 3.96. The van der Waals surface area contributed by atoms with Gasteiger partial charge in [0.1, 0.15) is 18.2 Å². The Bertz CT molecular complexity index is 603. The number of aromatic nitrogens is 2. The van der Waals surface area contributed by atoms with Gasteiger partial charge < -0.3 is 9.64 Å². The van der Waals surface area contributed by atoms with E-state index in [1.165, 1.54) is 0 Å². The molecule has 1 aliphatic heterocycles. The first kappa shape index (κ1) is 14.3. The summed E-state index contributed by atoms with van der Waals surface area (Å²) >= 11 is 5.94. The lowest BCUT2D eigenvalue weighted by Crippen LogP contribution is -2.38. The first-order valence-corrected chi connectivity index (χ1v) is 7.57. The van der Waals surface area contributed by atoms with E-state index in [1.54, 1.807) is 6.33 Å². The standard InChI is InChI=1S/C16H18ClN3O/c1-2-14-9-16(19-11-18-14)20-7-8-21-15(10-20)12-3-5-13(17)6-4-12/h3-6,9,11,15H,2,7-8,10H2,1H3/t15-/m0/s1. The molecule has 0 radical (unpaired) electrons. The molecular formula is C16H18ClN3O. The highest BCUT2D eigenvalue weighted by molar-refractivity contribution is 6.30. The molecule has 1 fully saturated rings. The van der Waals surface area contributed by atoms with E-state index in [0.29, 0.717) is 6.61 Å². The van der Waals surface area contributed by atoms with Crippen molar-refractivity contribution in [1.29, 1.82) is 0 Å². The molecule has 110 valence electrons. The second-order valence-corrected chi connectivity index (χ2v) is 5.51. The van der Waals surface area contributed by atoms with Gasteiger partial charge in [-0.1, -0.05) is 30.7 Å². The van der Waals surface area contributed by atoms with Gasteiger partial charge in [-0.3, -0.25) is 0 Å². The SMILES string of the molecule is CCc1cc(N2CCO[C@H](c3ccc(Cl)cc3)C2)ncn1. The van der Waals surface area contributed by atoms with Crippen molar-refractivity contribution in [3.05, 3.63) is 52.9 Å². The van der Waals surface area contributed by atoms with Crippen LogP contribution in [0.1, 0.15) is 24.3 Å². The van der Waals surface area contributed by atoms with Crippen LogP contribution in [-0.2, 0) is 11.2 Å². The summed E-state index contributed by atoms with van der Waals surface area (Å²) in [7, 11) is 0. The maximum Gasteiger partial charge on any atom is 0.132 e. The maximum absolute atomic E-state index is 5.94. The Morgan fingerprint density at radius 3 is 2.86 bits per heavy atom. The van der Waals surface area contributed by atoms with E-state index >= 15 is 0 Å². The van der Waals surface area contributed by atoms with Crippen LogP contribution >= 0.6 is 11.6 Å². The van der Waals surface area contributed by atoms with Gasteiger partial charge in [0.2, 0.25) is 0 Å². The van der Waals surface area contributed by atoms with Crippen molar-refractivity contribution < 1.29 is 4.74 Å². The fraction of sp³-hybridized carbons (Fsp3) is 0.375. The average molecular weight is 304 g/mol. The Hall–Kier alpha value is -1.65. The summed E-state index contributed by atoms with van der Waals surface area (Å²) in [6.45, 7) is 4.44.